The summed E-state index contributed by atoms with van der Waals surface area (Å²) in [6.45, 7) is 8.91. The molecule has 1 rings (SSSR count). The average molecular weight is 253 g/mol. The summed E-state index contributed by atoms with van der Waals surface area (Å²) in [7, 11) is 0. The van der Waals surface area contributed by atoms with Gasteiger partial charge in [0.25, 0.3) is 0 Å². The number of carbonyl (C=O) groups is 1. The van der Waals surface area contributed by atoms with Gasteiger partial charge in [0.05, 0.1) is 11.9 Å². The first-order chi connectivity index (χ1) is 8.61. The minimum Gasteiger partial charge on any atom is -0.355 e. The zero-order valence-electron chi connectivity index (χ0n) is 11.4. The van der Waals surface area contributed by atoms with Crippen molar-refractivity contribution in [2.45, 2.75) is 40.3 Å². The molecule has 0 saturated carbocycles. The van der Waals surface area contributed by atoms with Crippen molar-refractivity contribution in [2.75, 3.05) is 13.1 Å². The van der Waals surface area contributed by atoms with Gasteiger partial charge in [-0.2, -0.15) is 0 Å². The highest BCUT2D eigenvalue weighted by molar-refractivity contribution is 5.75. The number of carbonyl (C=O) groups excluding carboxylic acids is 1. The van der Waals surface area contributed by atoms with E-state index < -0.39 is 0 Å². The van der Waals surface area contributed by atoms with Crippen molar-refractivity contribution in [1.29, 1.82) is 0 Å². The largest absolute Gasteiger partial charge is 0.355 e. The molecule has 0 unspecified atom stereocenters. The van der Waals surface area contributed by atoms with Crippen LogP contribution in [0.2, 0.25) is 0 Å². The maximum Gasteiger partial charge on any atom is 0.241 e. The second-order valence-electron chi connectivity index (χ2n) is 4.78. The maximum absolute atomic E-state index is 11.5. The molecule has 1 aromatic heterocycles. The van der Waals surface area contributed by atoms with Crippen LogP contribution in [0.4, 0.5) is 0 Å². The SMILES string of the molecule is CCCNC(=O)Cn1cc(CNCC(C)C)nn1. The summed E-state index contributed by atoms with van der Waals surface area (Å²) < 4.78 is 1.57. The highest BCUT2D eigenvalue weighted by atomic mass is 16.2. The summed E-state index contributed by atoms with van der Waals surface area (Å²) in [4.78, 5) is 11.5. The van der Waals surface area contributed by atoms with Gasteiger partial charge in [-0.25, -0.2) is 4.68 Å². The highest BCUT2D eigenvalue weighted by Gasteiger charge is 2.05. The van der Waals surface area contributed by atoms with Gasteiger partial charge in [0.15, 0.2) is 0 Å². The molecule has 1 heterocycles. The number of nitrogens with one attached hydrogen (secondary N) is 2. The Morgan fingerprint density at radius 3 is 2.94 bits per heavy atom. The molecule has 0 aliphatic carbocycles. The van der Waals surface area contributed by atoms with Crippen LogP contribution < -0.4 is 10.6 Å². The van der Waals surface area contributed by atoms with E-state index in [1.807, 2.05) is 6.92 Å². The van der Waals surface area contributed by atoms with E-state index in [1.54, 1.807) is 10.9 Å². The minimum atomic E-state index is -0.0246. The van der Waals surface area contributed by atoms with Crippen LogP contribution in [0.1, 0.15) is 32.9 Å². The number of amides is 1. The minimum absolute atomic E-state index is 0.0246. The van der Waals surface area contributed by atoms with Crippen LogP contribution in [0, 0.1) is 5.92 Å². The van der Waals surface area contributed by atoms with Crippen LogP contribution in [0.15, 0.2) is 6.20 Å². The van der Waals surface area contributed by atoms with Crippen molar-refractivity contribution in [3.05, 3.63) is 11.9 Å². The van der Waals surface area contributed by atoms with Gasteiger partial charge in [-0.3, -0.25) is 4.79 Å². The quantitative estimate of drug-likeness (QED) is 0.709. The number of hydrogen-bond acceptors (Lipinski definition) is 4. The molecule has 0 radical (unpaired) electrons. The molecule has 0 aliphatic heterocycles. The lowest BCUT2D eigenvalue weighted by atomic mass is 10.2. The van der Waals surface area contributed by atoms with Gasteiger partial charge in [0, 0.05) is 13.1 Å². The molecule has 0 saturated heterocycles. The second-order valence-corrected chi connectivity index (χ2v) is 4.78. The molecule has 0 aromatic carbocycles. The molecule has 18 heavy (non-hydrogen) atoms. The Kier molecular flexibility index (Phi) is 6.35. The van der Waals surface area contributed by atoms with E-state index in [4.69, 9.17) is 0 Å². The Morgan fingerprint density at radius 1 is 1.50 bits per heavy atom. The molecule has 6 nitrogen and oxygen atoms in total. The first kappa shape index (κ1) is 14.6. The fourth-order valence-corrected chi connectivity index (χ4v) is 1.45. The highest BCUT2D eigenvalue weighted by Crippen LogP contribution is 1.94. The van der Waals surface area contributed by atoms with Gasteiger partial charge >= 0.3 is 0 Å². The van der Waals surface area contributed by atoms with Crippen LogP contribution in [0.25, 0.3) is 0 Å². The Labute approximate surface area is 108 Å². The molecule has 0 spiro atoms. The first-order valence-electron chi connectivity index (χ1n) is 6.48. The summed E-state index contributed by atoms with van der Waals surface area (Å²) in [6, 6.07) is 0. The number of hydrogen-bond donors (Lipinski definition) is 2. The lowest BCUT2D eigenvalue weighted by Gasteiger charge is -2.04. The second kappa shape index (κ2) is 7.81. The number of aromatic nitrogens is 3. The topological polar surface area (TPSA) is 71.8 Å². The molecule has 0 aliphatic rings. The van der Waals surface area contributed by atoms with Crippen molar-refractivity contribution in [3.63, 3.8) is 0 Å². The molecule has 102 valence electrons. The molecule has 1 aromatic rings. The maximum atomic E-state index is 11.5. The summed E-state index contributed by atoms with van der Waals surface area (Å²) in [5.74, 6) is 0.586. The number of rotatable bonds is 8. The third-order valence-electron chi connectivity index (χ3n) is 2.32. The molecule has 0 fully saturated rings. The predicted molar refractivity (Wildman–Crippen MR) is 69.9 cm³/mol. The lowest BCUT2D eigenvalue weighted by molar-refractivity contribution is -0.121. The van der Waals surface area contributed by atoms with Gasteiger partial charge in [0.1, 0.15) is 6.54 Å². The van der Waals surface area contributed by atoms with E-state index in [1.165, 1.54) is 0 Å². The standard InChI is InChI=1S/C12H23N5O/c1-4-5-14-12(18)9-17-8-11(15-16-17)7-13-6-10(2)3/h8,10,13H,4-7,9H2,1-3H3,(H,14,18). The van der Waals surface area contributed by atoms with E-state index in [2.05, 4.69) is 34.8 Å². The third kappa shape index (κ3) is 5.77. The Hall–Kier alpha value is -1.43. The predicted octanol–water partition coefficient (Wildman–Crippen LogP) is 0.550. The van der Waals surface area contributed by atoms with Crippen molar-refractivity contribution in [1.82, 2.24) is 25.6 Å². The average Bonchev–Trinajstić information content (AvgIpc) is 2.73. The Bertz CT molecular complexity index is 361. The normalized spacial score (nSPS) is 10.9. The third-order valence-corrected chi connectivity index (χ3v) is 2.32. The van der Waals surface area contributed by atoms with Crippen molar-refractivity contribution < 1.29 is 4.79 Å². The van der Waals surface area contributed by atoms with Crippen LogP contribution in [-0.2, 0) is 17.9 Å². The van der Waals surface area contributed by atoms with Gasteiger partial charge in [-0.15, -0.1) is 5.10 Å². The van der Waals surface area contributed by atoms with Crippen LogP contribution in [0.3, 0.4) is 0 Å². The van der Waals surface area contributed by atoms with Gasteiger partial charge < -0.3 is 10.6 Å². The zero-order valence-corrected chi connectivity index (χ0v) is 11.4. The molecule has 0 bridgehead atoms. The summed E-state index contributed by atoms with van der Waals surface area (Å²) in [5.41, 5.74) is 0.860. The van der Waals surface area contributed by atoms with Crippen molar-refractivity contribution >= 4 is 5.91 Å². The van der Waals surface area contributed by atoms with Crippen molar-refractivity contribution in [3.8, 4) is 0 Å². The zero-order chi connectivity index (χ0) is 13.4. The van der Waals surface area contributed by atoms with E-state index in [9.17, 15) is 4.79 Å². The van der Waals surface area contributed by atoms with Gasteiger partial charge in [-0.1, -0.05) is 26.0 Å². The molecule has 2 N–H and O–H groups in total. The van der Waals surface area contributed by atoms with Crippen LogP contribution >= 0.6 is 0 Å². The first-order valence-corrected chi connectivity index (χ1v) is 6.48. The van der Waals surface area contributed by atoms with Crippen LogP contribution in [-0.4, -0.2) is 34.0 Å². The molecular formula is C12H23N5O. The summed E-state index contributed by atoms with van der Waals surface area (Å²) in [6.07, 6.45) is 2.74. The molecule has 1 amide bonds. The van der Waals surface area contributed by atoms with Crippen LogP contribution in [0.5, 0.6) is 0 Å². The fourth-order valence-electron chi connectivity index (χ4n) is 1.45. The summed E-state index contributed by atoms with van der Waals surface area (Å²) in [5, 5.41) is 14.0. The number of nitrogens with zero attached hydrogens (tertiary/aromatic N) is 3. The van der Waals surface area contributed by atoms with E-state index in [0.29, 0.717) is 19.0 Å². The smallest absolute Gasteiger partial charge is 0.241 e. The van der Waals surface area contributed by atoms with Gasteiger partial charge in [-0.05, 0) is 18.9 Å². The van der Waals surface area contributed by atoms with E-state index in [0.717, 1.165) is 18.7 Å². The fraction of sp³-hybridized carbons (Fsp3) is 0.750. The van der Waals surface area contributed by atoms with Crippen molar-refractivity contribution in [2.24, 2.45) is 5.92 Å². The molecule has 6 heteroatoms. The lowest BCUT2D eigenvalue weighted by Crippen LogP contribution is -2.28. The van der Waals surface area contributed by atoms with E-state index >= 15 is 0 Å². The Morgan fingerprint density at radius 2 is 2.28 bits per heavy atom. The molecule has 0 atom stereocenters. The Balaban J connectivity index is 2.31. The summed E-state index contributed by atoms with van der Waals surface area (Å²) >= 11 is 0. The van der Waals surface area contributed by atoms with Gasteiger partial charge in [0.2, 0.25) is 5.91 Å². The van der Waals surface area contributed by atoms with E-state index in [-0.39, 0.29) is 12.5 Å². The molecular weight excluding hydrogens is 230 g/mol. The monoisotopic (exact) mass is 253 g/mol.